The lowest BCUT2D eigenvalue weighted by atomic mass is 10.2. The van der Waals surface area contributed by atoms with Crippen molar-refractivity contribution < 1.29 is 23.5 Å². The molecule has 0 heterocycles. The van der Waals surface area contributed by atoms with E-state index in [1.165, 1.54) is 6.07 Å². The number of nitro benzene ring substituents is 1. The summed E-state index contributed by atoms with van der Waals surface area (Å²) in [5, 5.41) is 20.1. The van der Waals surface area contributed by atoms with Crippen LogP contribution < -0.4 is 4.74 Å². The Hall–Kier alpha value is -2.06. The maximum absolute atomic E-state index is 13.5. The molecule has 0 atom stereocenters. The molecule has 2 aromatic carbocycles. The fourth-order valence-corrected chi connectivity index (χ4v) is 1.96. The summed E-state index contributed by atoms with van der Waals surface area (Å²) in [6.45, 7) is -0.528. The molecule has 2 aromatic rings. The van der Waals surface area contributed by atoms with Crippen LogP contribution in [0.2, 0.25) is 0 Å². The number of hydrogen-bond acceptors (Lipinski definition) is 4. The van der Waals surface area contributed by atoms with Crippen molar-refractivity contribution in [3.63, 3.8) is 0 Å². The molecule has 8 heteroatoms. The van der Waals surface area contributed by atoms with Gasteiger partial charge in [-0.3, -0.25) is 10.1 Å². The molecule has 0 aliphatic carbocycles. The predicted octanol–water partition coefficient (Wildman–Crippen LogP) is 3.92. The van der Waals surface area contributed by atoms with Crippen molar-refractivity contribution in [1.29, 1.82) is 0 Å². The van der Waals surface area contributed by atoms with E-state index in [9.17, 15) is 18.9 Å². The van der Waals surface area contributed by atoms with Gasteiger partial charge in [0.15, 0.2) is 0 Å². The number of benzene rings is 2. The molecular weight excluding hydrogens is 352 g/mol. The lowest BCUT2D eigenvalue weighted by Gasteiger charge is -2.10. The number of rotatable bonds is 4. The predicted molar refractivity (Wildman–Crippen MR) is 73.2 cm³/mol. The minimum absolute atomic E-state index is 0.00345. The molecule has 0 aliphatic rings. The Labute approximate surface area is 126 Å². The van der Waals surface area contributed by atoms with Gasteiger partial charge in [-0.1, -0.05) is 0 Å². The standard InChI is InChI=1S/C13H8BrF2NO4/c14-9-4-11(17(19)20)13(5-10(9)16)21-12-2-1-8(15)3-7(12)6-18/h1-5,18H,6H2. The van der Waals surface area contributed by atoms with E-state index in [0.29, 0.717) is 0 Å². The highest BCUT2D eigenvalue weighted by molar-refractivity contribution is 9.10. The Morgan fingerprint density at radius 3 is 2.57 bits per heavy atom. The Kier molecular flexibility index (Phi) is 4.49. The van der Waals surface area contributed by atoms with Gasteiger partial charge in [-0.2, -0.15) is 0 Å². The van der Waals surface area contributed by atoms with Crippen molar-refractivity contribution in [3.8, 4) is 11.5 Å². The van der Waals surface area contributed by atoms with E-state index in [-0.39, 0.29) is 21.5 Å². The molecule has 0 unspecified atom stereocenters. The second-order valence-electron chi connectivity index (χ2n) is 4.00. The minimum atomic E-state index is -0.747. The number of nitro groups is 1. The van der Waals surface area contributed by atoms with Crippen LogP contribution in [0.5, 0.6) is 11.5 Å². The van der Waals surface area contributed by atoms with E-state index in [1.807, 2.05) is 0 Å². The topological polar surface area (TPSA) is 72.6 Å². The van der Waals surface area contributed by atoms with Gasteiger partial charge in [-0.05, 0) is 34.1 Å². The highest BCUT2D eigenvalue weighted by atomic mass is 79.9. The number of hydrogen-bond donors (Lipinski definition) is 1. The Balaban J connectivity index is 2.48. The number of aliphatic hydroxyl groups excluding tert-OH is 1. The summed E-state index contributed by atoms with van der Waals surface area (Å²) in [6.07, 6.45) is 0. The van der Waals surface area contributed by atoms with Crippen LogP contribution in [0.25, 0.3) is 0 Å². The van der Waals surface area contributed by atoms with Gasteiger partial charge in [0.25, 0.3) is 0 Å². The zero-order valence-corrected chi connectivity index (χ0v) is 11.9. The quantitative estimate of drug-likeness (QED) is 0.663. The second kappa shape index (κ2) is 6.15. The molecule has 5 nitrogen and oxygen atoms in total. The summed E-state index contributed by atoms with van der Waals surface area (Å²) < 4.78 is 31.7. The smallest absolute Gasteiger partial charge is 0.312 e. The van der Waals surface area contributed by atoms with E-state index in [4.69, 9.17) is 9.84 Å². The summed E-state index contributed by atoms with van der Waals surface area (Å²) in [7, 11) is 0. The van der Waals surface area contributed by atoms with Crippen LogP contribution in [0.1, 0.15) is 5.56 Å². The van der Waals surface area contributed by atoms with E-state index in [1.54, 1.807) is 0 Å². The molecule has 2 rings (SSSR count). The zero-order chi connectivity index (χ0) is 15.6. The molecule has 0 radical (unpaired) electrons. The zero-order valence-electron chi connectivity index (χ0n) is 10.3. The monoisotopic (exact) mass is 359 g/mol. The molecular formula is C13H8BrF2NO4. The largest absolute Gasteiger partial charge is 0.450 e. The number of halogens is 3. The molecule has 0 fully saturated rings. The van der Waals surface area contributed by atoms with E-state index < -0.39 is 28.9 Å². The minimum Gasteiger partial charge on any atom is -0.450 e. The fourth-order valence-electron chi connectivity index (χ4n) is 1.63. The average molecular weight is 360 g/mol. The Morgan fingerprint density at radius 1 is 1.24 bits per heavy atom. The van der Waals surface area contributed by atoms with Crippen LogP contribution in [0, 0.1) is 21.7 Å². The van der Waals surface area contributed by atoms with Crippen molar-refractivity contribution in [2.75, 3.05) is 0 Å². The van der Waals surface area contributed by atoms with Crippen LogP contribution in [0.15, 0.2) is 34.8 Å². The summed E-state index contributed by atoms with van der Waals surface area (Å²) in [5.41, 5.74) is -0.371. The van der Waals surface area contributed by atoms with Crippen molar-refractivity contribution in [2.45, 2.75) is 6.61 Å². The second-order valence-corrected chi connectivity index (χ2v) is 4.86. The van der Waals surface area contributed by atoms with E-state index in [0.717, 1.165) is 24.3 Å². The van der Waals surface area contributed by atoms with E-state index in [2.05, 4.69) is 15.9 Å². The highest BCUT2D eigenvalue weighted by Crippen LogP contribution is 2.36. The van der Waals surface area contributed by atoms with Gasteiger partial charge < -0.3 is 9.84 Å². The first-order chi connectivity index (χ1) is 9.92. The van der Waals surface area contributed by atoms with Crippen molar-refractivity contribution in [1.82, 2.24) is 0 Å². The molecule has 0 saturated heterocycles. The molecule has 0 aliphatic heterocycles. The molecule has 0 spiro atoms. The van der Waals surface area contributed by atoms with Gasteiger partial charge in [-0.25, -0.2) is 8.78 Å². The summed E-state index contributed by atoms with van der Waals surface area (Å²) in [4.78, 5) is 10.2. The van der Waals surface area contributed by atoms with Gasteiger partial charge in [0.2, 0.25) is 5.75 Å². The van der Waals surface area contributed by atoms with Gasteiger partial charge >= 0.3 is 5.69 Å². The van der Waals surface area contributed by atoms with Gasteiger partial charge in [0.05, 0.1) is 16.0 Å². The van der Waals surface area contributed by atoms with Crippen LogP contribution in [0.3, 0.4) is 0 Å². The molecule has 0 bridgehead atoms. The van der Waals surface area contributed by atoms with Crippen LogP contribution in [0.4, 0.5) is 14.5 Å². The van der Waals surface area contributed by atoms with Crippen LogP contribution in [-0.4, -0.2) is 10.0 Å². The molecule has 21 heavy (non-hydrogen) atoms. The SMILES string of the molecule is O=[N+]([O-])c1cc(Br)c(F)cc1Oc1ccc(F)cc1CO. The third-order valence-electron chi connectivity index (χ3n) is 2.61. The average Bonchev–Trinajstić information content (AvgIpc) is 2.44. The maximum Gasteiger partial charge on any atom is 0.312 e. The Bertz CT molecular complexity index is 709. The number of nitrogens with zero attached hydrogens (tertiary/aromatic N) is 1. The fraction of sp³-hybridized carbons (Fsp3) is 0.0769. The first kappa shape index (κ1) is 15.3. The lowest BCUT2D eigenvalue weighted by molar-refractivity contribution is -0.385. The maximum atomic E-state index is 13.5. The Morgan fingerprint density at radius 2 is 1.95 bits per heavy atom. The molecule has 0 amide bonds. The first-order valence-electron chi connectivity index (χ1n) is 5.63. The number of aliphatic hydroxyl groups is 1. The molecule has 0 aromatic heterocycles. The van der Waals surface area contributed by atoms with Gasteiger partial charge in [0, 0.05) is 17.7 Å². The molecule has 0 saturated carbocycles. The highest BCUT2D eigenvalue weighted by Gasteiger charge is 2.20. The first-order valence-corrected chi connectivity index (χ1v) is 6.42. The summed E-state index contributed by atoms with van der Waals surface area (Å²) in [6, 6.07) is 5.09. The van der Waals surface area contributed by atoms with Crippen LogP contribution in [-0.2, 0) is 6.61 Å². The number of ether oxygens (including phenoxy) is 1. The van der Waals surface area contributed by atoms with E-state index >= 15 is 0 Å². The lowest BCUT2D eigenvalue weighted by Crippen LogP contribution is -1.98. The normalized spacial score (nSPS) is 10.5. The van der Waals surface area contributed by atoms with Crippen molar-refractivity contribution in [2.24, 2.45) is 0 Å². The summed E-state index contributed by atoms with van der Waals surface area (Å²) in [5.74, 6) is -1.68. The molecule has 1 N–H and O–H groups in total. The van der Waals surface area contributed by atoms with Crippen molar-refractivity contribution in [3.05, 3.63) is 62.1 Å². The molecule has 110 valence electrons. The third-order valence-corrected chi connectivity index (χ3v) is 3.22. The van der Waals surface area contributed by atoms with Gasteiger partial charge in [-0.15, -0.1) is 0 Å². The van der Waals surface area contributed by atoms with Gasteiger partial charge in [0.1, 0.15) is 17.4 Å². The summed E-state index contributed by atoms with van der Waals surface area (Å²) >= 11 is 2.85. The van der Waals surface area contributed by atoms with Crippen molar-refractivity contribution >= 4 is 21.6 Å². The third kappa shape index (κ3) is 3.34. The van der Waals surface area contributed by atoms with Crippen LogP contribution >= 0.6 is 15.9 Å².